The normalized spacial score (nSPS) is 17.7. The molecule has 1 aliphatic carbocycles. The van der Waals surface area contributed by atoms with Crippen LogP contribution in [0, 0.1) is 5.82 Å². The van der Waals surface area contributed by atoms with Gasteiger partial charge in [-0.15, -0.1) is 0 Å². The van der Waals surface area contributed by atoms with Gasteiger partial charge in [0.05, 0.1) is 23.7 Å². The molecule has 0 bridgehead atoms. The van der Waals surface area contributed by atoms with Crippen molar-refractivity contribution < 1.29 is 23.8 Å². The van der Waals surface area contributed by atoms with Crippen LogP contribution in [0.4, 0.5) is 4.39 Å². The summed E-state index contributed by atoms with van der Waals surface area (Å²) in [4.78, 5) is 23.4. The Morgan fingerprint density at radius 1 is 1.21 bits per heavy atom. The standard InChI is InChI=1S/C26H28FN3O4/c1-15(2)34-23-9-5-8-21(24(23)27)17-6-4-7-20(13-17)30-25(22(14-28-30)26(32)33)18-10-11-19(12-18)29-16(3)31/h4-9,13-15,18-19H,10-12H2,1-3H3,(H,29,31)(H,32,33). The molecule has 1 saturated carbocycles. The number of benzene rings is 2. The molecule has 8 heteroatoms. The van der Waals surface area contributed by atoms with Crippen LogP contribution in [0.5, 0.6) is 5.75 Å². The number of hydrogen-bond acceptors (Lipinski definition) is 4. The number of hydrogen-bond donors (Lipinski definition) is 2. The summed E-state index contributed by atoms with van der Waals surface area (Å²) in [5.41, 5.74) is 2.38. The number of rotatable bonds is 7. The molecule has 2 atom stereocenters. The van der Waals surface area contributed by atoms with Gasteiger partial charge in [0, 0.05) is 24.4 Å². The van der Waals surface area contributed by atoms with Crippen LogP contribution in [0.3, 0.4) is 0 Å². The maximum atomic E-state index is 15.2. The van der Waals surface area contributed by atoms with Crippen molar-refractivity contribution in [3.63, 3.8) is 0 Å². The molecule has 2 N–H and O–H groups in total. The van der Waals surface area contributed by atoms with E-state index in [1.54, 1.807) is 41.1 Å². The second kappa shape index (κ2) is 9.67. The summed E-state index contributed by atoms with van der Waals surface area (Å²) in [6.45, 7) is 5.16. The number of aromatic nitrogens is 2. The number of aromatic carboxylic acids is 1. The van der Waals surface area contributed by atoms with Gasteiger partial charge < -0.3 is 15.2 Å². The number of ether oxygens (including phenoxy) is 1. The third kappa shape index (κ3) is 4.81. The second-order valence-corrected chi connectivity index (χ2v) is 8.90. The van der Waals surface area contributed by atoms with Crippen molar-refractivity contribution in [2.45, 2.75) is 58.1 Å². The molecule has 2 aromatic carbocycles. The van der Waals surface area contributed by atoms with Crippen LogP contribution in [0.1, 0.15) is 62.0 Å². The van der Waals surface area contributed by atoms with E-state index < -0.39 is 11.8 Å². The summed E-state index contributed by atoms with van der Waals surface area (Å²) in [6.07, 6.45) is 3.33. The van der Waals surface area contributed by atoms with E-state index in [4.69, 9.17) is 4.74 Å². The highest BCUT2D eigenvalue weighted by molar-refractivity contribution is 5.89. The van der Waals surface area contributed by atoms with E-state index in [0.29, 0.717) is 28.9 Å². The Kier molecular flexibility index (Phi) is 6.68. The van der Waals surface area contributed by atoms with Crippen LogP contribution in [0.2, 0.25) is 0 Å². The minimum absolute atomic E-state index is 0.00313. The fourth-order valence-corrected chi connectivity index (χ4v) is 4.65. The zero-order chi connectivity index (χ0) is 24.4. The van der Waals surface area contributed by atoms with E-state index in [1.165, 1.54) is 13.1 Å². The molecule has 1 aliphatic rings. The quantitative estimate of drug-likeness (QED) is 0.516. The van der Waals surface area contributed by atoms with Gasteiger partial charge in [-0.25, -0.2) is 13.9 Å². The van der Waals surface area contributed by atoms with Crippen molar-refractivity contribution in [3.8, 4) is 22.6 Å². The fraction of sp³-hybridized carbons (Fsp3) is 0.346. The number of carbonyl (C=O) groups excluding carboxylic acids is 1. The van der Waals surface area contributed by atoms with Crippen molar-refractivity contribution in [2.75, 3.05) is 0 Å². The number of halogens is 1. The lowest BCUT2D eigenvalue weighted by atomic mass is 9.99. The third-order valence-electron chi connectivity index (χ3n) is 5.99. The fourth-order valence-electron chi connectivity index (χ4n) is 4.65. The molecule has 0 aliphatic heterocycles. The molecule has 4 rings (SSSR count). The van der Waals surface area contributed by atoms with E-state index in [2.05, 4.69) is 10.4 Å². The topological polar surface area (TPSA) is 93.5 Å². The number of carbonyl (C=O) groups is 2. The molecular formula is C26H28FN3O4. The first-order valence-corrected chi connectivity index (χ1v) is 11.4. The van der Waals surface area contributed by atoms with Gasteiger partial charge in [-0.2, -0.15) is 5.10 Å². The Bertz CT molecular complexity index is 1220. The largest absolute Gasteiger partial charge is 0.488 e. The molecule has 1 amide bonds. The summed E-state index contributed by atoms with van der Waals surface area (Å²) in [7, 11) is 0. The van der Waals surface area contributed by atoms with Gasteiger partial charge in [0.2, 0.25) is 5.91 Å². The number of amides is 1. The zero-order valence-electron chi connectivity index (χ0n) is 19.4. The summed E-state index contributed by atoms with van der Waals surface area (Å²) >= 11 is 0. The molecule has 1 fully saturated rings. The van der Waals surface area contributed by atoms with Crippen LogP contribution in [0.15, 0.2) is 48.7 Å². The Labute approximate surface area is 197 Å². The molecule has 0 saturated heterocycles. The van der Waals surface area contributed by atoms with Gasteiger partial charge in [0.25, 0.3) is 0 Å². The van der Waals surface area contributed by atoms with Crippen LogP contribution < -0.4 is 10.1 Å². The van der Waals surface area contributed by atoms with Crippen molar-refractivity contribution in [1.29, 1.82) is 0 Å². The Balaban J connectivity index is 1.73. The summed E-state index contributed by atoms with van der Waals surface area (Å²) in [5, 5.41) is 17.1. The van der Waals surface area contributed by atoms with Gasteiger partial charge in [0.15, 0.2) is 11.6 Å². The molecule has 0 radical (unpaired) electrons. The molecule has 2 unspecified atom stereocenters. The average Bonchev–Trinajstić information content (AvgIpc) is 3.41. The van der Waals surface area contributed by atoms with Crippen LogP contribution >= 0.6 is 0 Å². The van der Waals surface area contributed by atoms with Gasteiger partial charge >= 0.3 is 5.97 Å². The first kappa shape index (κ1) is 23.5. The third-order valence-corrected chi connectivity index (χ3v) is 5.99. The SMILES string of the molecule is CC(=O)NC1CCC(c2c(C(=O)O)cnn2-c2cccc(-c3cccc(OC(C)C)c3F)c2)C1. The van der Waals surface area contributed by atoms with E-state index in [9.17, 15) is 14.7 Å². The highest BCUT2D eigenvalue weighted by Crippen LogP contribution is 2.38. The summed E-state index contributed by atoms with van der Waals surface area (Å²) < 4.78 is 22.4. The molecule has 7 nitrogen and oxygen atoms in total. The first-order chi connectivity index (χ1) is 16.2. The molecule has 1 aromatic heterocycles. The number of carboxylic acid groups (broad SMARTS) is 1. The highest BCUT2D eigenvalue weighted by atomic mass is 19.1. The Morgan fingerprint density at radius 3 is 2.68 bits per heavy atom. The van der Waals surface area contributed by atoms with E-state index in [0.717, 1.165) is 12.8 Å². The predicted octanol–water partition coefficient (Wildman–Crippen LogP) is 4.94. The predicted molar refractivity (Wildman–Crippen MR) is 126 cm³/mol. The van der Waals surface area contributed by atoms with Crippen LogP contribution in [-0.2, 0) is 4.79 Å². The second-order valence-electron chi connectivity index (χ2n) is 8.90. The van der Waals surface area contributed by atoms with E-state index >= 15 is 4.39 Å². The molecule has 1 heterocycles. The first-order valence-electron chi connectivity index (χ1n) is 11.4. The number of carboxylic acids is 1. The smallest absolute Gasteiger partial charge is 0.339 e. The van der Waals surface area contributed by atoms with Crippen LogP contribution in [-0.4, -0.2) is 38.9 Å². The maximum Gasteiger partial charge on any atom is 0.339 e. The molecule has 34 heavy (non-hydrogen) atoms. The van der Waals surface area contributed by atoms with Gasteiger partial charge in [0.1, 0.15) is 5.56 Å². The Hall–Kier alpha value is -3.68. The lowest BCUT2D eigenvalue weighted by molar-refractivity contribution is -0.119. The van der Waals surface area contributed by atoms with Gasteiger partial charge in [-0.3, -0.25) is 4.79 Å². The lowest BCUT2D eigenvalue weighted by Gasteiger charge is -2.17. The van der Waals surface area contributed by atoms with Gasteiger partial charge in [-0.1, -0.05) is 24.3 Å². The highest BCUT2D eigenvalue weighted by Gasteiger charge is 2.33. The number of nitrogens with zero attached hydrogens (tertiary/aromatic N) is 2. The van der Waals surface area contributed by atoms with Crippen LogP contribution in [0.25, 0.3) is 16.8 Å². The summed E-state index contributed by atoms with van der Waals surface area (Å²) in [5.74, 6) is -1.50. The van der Waals surface area contributed by atoms with Gasteiger partial charge in [-0.05, 0) is 56.9 Å². The number of nitrogens with one attached hydrogen (secondary N) is 1. The molecule has 178 valence electrons. The monoisotopic (exact) mass is 465 g/mol. The van der Waals surface area contributed by atoms with Crippen molar-refractivity contribution in [3.05, 3.63) is 65.7 Å². The molecular weight excluding hydrogens is 437 g/mol. The lowest BCUT2D eigenvalue weighted by Crippen LogP contribution is -2.30. The summed E-state index contributed by atoms with van der Waals surface area (Å²) in [6, 6.07) is 12.2. The molecule has 0 spiro atoms. The van der Waals surface area contributed by atoms with E-state index in [-0.39, 0.29) is 35.3 Å². The van der Waals surface area contributed by atoms with Crippen molar-refractivity contribution >= 4 is 11.9 Å². The zero-order valence-corrected chi connectivity index (χ0v) is 19.4. The van der Waals surface area contributed by atoms with Crippen molar-refractivity contribution in [2.24, 2.45) is 0 Å². The van der Waals surface area contributed by atoms with Crippen molar-refractivity contribution in [1.82, 2.24) is 15.1 Å². The Morgan fingerprint density at radius 2 is 1.97 bits per heavy atom. The maximum absolute atomic E-state index is 15.2. The van der Waals surface area contributed by atoms with E-state index in [1.807, 2.05) is 19.9 Å². The average molecular weight is 466 g/mol. The minimum atomic E-state index is -1.05. The molecule has 3 aromatic rings. The minimum Gasteiger partial charge on any atom is -0.488 e.